The smallest absolute Gasteiger partial charge is 0.325 e. The summed E-state index contributed by atoms with van der Waals surface area (Å²) in [4.78, 5) is 32.7. The Morgan fingerprint density at radius 3 is 1.94 bits per heavy atom. The van der Waals surface area contributed by atoms with Crippen molar-refractivity contribution >= 4 is 17.8 Å². The largest absolute Gasteiger partial charge is 0.480 e. The molecule has 0 fully saturated rings. The number of hydrogen-bond acceptors (Lipinski definition) is 4. The molecule has 0 aromatic carbocycles. The van der Waals surface area contributed by atoms with Gasteiger partial charge in [0.1, 0.15) is 12.1 Å². The van der Waals surface area contributed by atoms with Crippen LogP contribution in [-0.4, -0.2) is 46.2 Å². The van der Waals surface area contributed by atoms with Crippen LogP contribution in [0.25, 0.3) is 0 Å². The highest BCUT2D eigenvalue weighted by Crippen LogP contribution is 1.95. The molecule has 0 saturated carbocycles. The van der Waals surface area contributed by atoms with Gasteiger partial charge in [-0.2, -0.15) is 0 Å². The molecule has 7 nitrogen and oxygen atoms in total. The zero-order valence-electron chi connectivity index (χ0n) is 9.35. The first-order valence-electron chi connectivity index (χ1n) is 4.74. The lowest BCUT2D eigenvalue weighted by atomic mass is 10.1. The predicted octanol–water partition coefficient (Wildman–Crippen LogP) is -1.54. The lowest BCUT2D eigenvalue weighted by Crippen LogP contribution is -2.54. The van der Waals surface area contributed by atoms with Gasteiger partial charge in [-0.3, -0.25) is 14.4 Å². The number of hydrogen-bond donors (Lipinski definition) is 4. The van der Waals surface area contributed by atoms with Gasteiger partial charge >= 0.3 is 5.97 Å². The fraction of sp³-hybridized carbons (Fsp3) is 0.667. The molecule has 4 N–H and O–H groups in total. The second-order valence-electron chi connectivity index (χ2n) is 3.49. The number of carboxylic acid groups (broad SMARTS) is 1. The third-order valence-electron chi connectivity index (χ3n) is 1.85. The maximum absolute atomic E-state index is 11.5. The molecule has 92 valence electrons. The van der Waals surface area contributed by atoms with E-state index in [9.17, 15) is 19.5 Å². The van der Waals surface area contributed by atoms with Gasteiger partial charge in [0.2, 0.25) is 11.8 Å². The third-order valence-corrected chi connectivity index (χ3v) is 1.85. The molecule has 0 aliphatic carbocycles. The first kappa shape index (κ1) is 14.4. The molecular formula is C9H16N2O5. The van der Waals surface area contributed by atoms with Crippen LogP contribution in [0.2, 0.25) is 0 Å². The highest BCUT2D eigenvalue weighted by molar-refractivity contribution is 5.90. The van der Waals surface area contributed by atoms with Crippen LogP contribution in [0.3, 0.4) is 0 Å². The average Bonchev–Trinajstić information content (AvgIpc) is 2.12. The van der Waals surface area contributed by atoms with E-state index in [4.69, 9.17) is 5.11 Å². The van der Waals surface area contributed by atoms with E-state index >= 15 is 0 Å². The predicted molar refractivity (Wildman–Crippen MR) is 54.5 cm³/mol. The van der Waals surface area contributed by atoms with Crippen LogP contribution in [0.5, 0.6) is 0 Å². The summed E-state index contributed by atoms with van der Waals surface area (Å²) >= 11 is 0. The summed E-state index contributed by atoms with van der Waals surface area (Å²) in [5.41, 5.74) is 0. The molecule has 0 bridgehead atoms. The number of carbonyl (C=O) groups excluding carboxylic acids is 2. The molecule has 0 aliphatic heterocycles. The van der Waals surface area contributed by atoms with Crippen molar-refractivity contribution < 1.29 is 24.6 Å². The maximum Gasteiger partial charge on any atom is 0.325 e. The van der Waals surface area contributed by atoms with Crippen LogP contribution in [0.4, 0.5) is 0 Å². The Morgan fingerprint density at radius 2 is 1.62 bits per heavy atom. The van der Waals surface area contributed by atoms with Crippen molar-refractivity contribution in [1.29, 1.82) is 0 Å². The van der Waals surface area contributed by atoms with Crippen LogP contribution in [0.15, 0.2) is 0 Å². The third kappa shape index (κ3) is 4.74. The van der Waals surface area contributed by atoms with Gasteiger partial charge in [-0.05, 0) is 13.8 Å². The van der Waals surface area contributed by atoms with E-state index < -0.39 is 36.0 Å². The number of rotatable bonds is 5. The van der Waals surface area contributed by atoms with E-state index in [2.05, 4.69) is 10.6 Å². The van der Waals surface area contributed by atoms with E-state index in [0.717, 1.165) is 0 Å². The van der Waals surface area contributed by atoms with Gasteiger partial charge in [0, 0.05) is 6.92 Å². The number of amides is 2. The molecule has 0 aliphatic rings. The minimum atomic E-state index is -1.19. The van der Waals surface area contributed by atoms with E-state index in [1.165, 1.54) is 20.8 Å². The summed E-state index contributed by atoms with van der Waals surface area (Å²) in [6.07, 6.45) is -1.11. The molecule has 16 heavy (non-hydrogen) atoms. The fourth-order valence-electron chi connectivity index (χ4n) is 0.989. The molecule has 0 aromatic rings. The molecule has 0 heterocycles. The zero-order chi connectivity index (χ0) is 12.9. The Labute approximate surface area is 92.8 Å². The van der Waals surface area contributed by atoms with Crippen molar-refractivity contribution in [3.05, 3.63) is 0 Å². The Bertz CT molecular complexity index is 290. The van der Waals surface area contributed by atoms with Crippen LogP contribution < -0.4 is 10.6 Å². The van der Waals surface area contributed by atoms with E-state index in [1.807, 2.05) is 0 Å². The van der Waals surface area contributed by atoms with Crippen LogP contribution in [0.1, 0.15) is 20.8 Å². The number of aliphatic hydroxyl groups excluding tert-OH is 1. The van der Waals surface area contributed by atoms with Gasteiger partial charge in [0.05, 0.1) is 6.10 Å². The number of carbonyl (C=O) groups is 3. The molecule has 0 unspecified atom stereocenters. The fourth-order valence-corrected chi connectivity index (χ4v) is 0.989. The highest BCUT2D eigenvalue weighted by Gasteiger charge is 2.26. The summed E-state index contributed by atoms with van der Waals surface area (Å²) in [5.74, 6) is -2.41. The summed E-state index contributed by atoms with van der Waals surface area (Å²) < 4.78 is 0. The Balaban J connectivity index is 4.50. The minimum Gasteiger partial charge on any atom is -0.480 e. The summed E-state index contributed by atoms with van der Waals surface area (Å²) in [7, 11) is 0. The van der Waals surface area contributed by atoms with E-state index in [0.29, 0.717) is 0 Å². The summed E-state index contributed by atoms with van der Waals surface area (Å²) in [6, 6.07) is -2.23. The van der Waals surface area contributed by atoms with Crippen molar-refractivity contribution in [3.63, 3.8) is 0 Å². The molecule has 0 rings (SSSR count). The first-order chi connectivity index (χ1) is 7.25. The molecule has 3 atom stereocenters. The molecular weight excluding hydrogens is 216 g/mol. The van der Waals surface area contributed by atoms with E-state index in [-0.39, 0.29) is 0 Å². The number of carboxylic acids is 1. The van der Waals surface area contributed by atoms with Gasteiger partial charge in [-0.15, -0.1) is 0 Å². The quantitative estimate of drug-likeness (QED) is 0.458. The molecule has 0 spiro atoms. The number of nitrogens with one attached hydrogen (secondary N) is 2. The van der Waals surface area contributed by atoms with Gasteiger partial charge < -0.3 is 20.8 Å². The zero-order valence-corrected chi connectivity index (χ0v) is 9.35. The Hall–Kier alpha value is -1.63. The summed E-state index contributed by atoms with van der Waals surface area (Å²) in [5, 5.41) is 22.2. The summed E-state index contributed by atoms with van der Waals surface area (Å²) in [6.45, 7) is 3.81. The van der Waals surface area contributed by atoms with Crippen LogP contribution in [0, 0.1) is 0 Å². The molecule has 7 heteroatoms. The van der Waals surface area contributed by atoms with Crippen molar-refractivity contribution in [1.82, 2.24) is 10.6 Å². The van der Waals surface area contributed by atoms with Crippen LogP contribution in [-0.2, 0) is 14.4 Å². The molecule has 0 radical (unpaired) electrons. The van der Waals surface area contributed by atoms with Crippen molar-refractivity contribution in [3.8, 4) is 0 Å². The standard InChI is InChI=1S/C9H16N2O5/c1-4(9(15)16)10-8(14)7(5(2)12)11-6(3)13/h4-5,7,12H,1-3H3,(H,10,14)(H,11,13)(H,15,16)/t4-,5+,7-/m0/s1. The van der Waals surface area contributed by atoms with Gasteiger partial charge in [-0.1, -0.05) is 0 Å². The maximum atomic E-state index is 11.5. The second kappa shape index (κ2) is 6.06. The Kier molecular flexibility index (Phi) is 5.44. The van der Waals surface area contributed by atoms with Crippen LogP contribution >= 0.6 is 0 Å². The van der Waals surface area contributed by atoms with Gasteiger partial charge in [-0.25, -0.2) is 0 Å². The highest BCUT2D eigenvalue weighted by atomic mass is 16.4. The lowest BCUT2D eigenvalue weighted by Gasteiger charge is -2.21. The van der Waals surface area contributed by atoms with Gasteiger partial charge in [0.25, 0.3) is 0 Å². The SMILES string of the molecule is CC(=O)N[C@H](C(=O)N[C@@H](C)C(=O)O)[C@@H](C)O. The topological polar surface area (TPSA) is 116 Å². The molecule has 0 saturated heterocycles. The molecule has 2 amide bonds. The monoisotopic (exact) mass is 232 g/mol. The molecule has 0 aromatic heterocycles. The first-order valence-corrected chi connectivity index (χ1v) is 4.74. The minimum absolute atomic E-state index is 0.482. The van der Waals surface area contributed by atoms with Crippen molar-refractivity contribution in [2.45, 2.75) is 39.0 Å². The van der Waals surface area contributed by atoms with Crippen molar-refractivity contribution in [2.75, 3.05) is 0 Å². The van der Waals surface area contributed by atoms with Crippen molar-refractivity contribution in [2.24, 2.45) is 0 Å². The number of aliphatic carboxylic acids is 1. The second-order valence-corrected chi connectivity index (χ2v) is 3.49. The normalized spacial score (nSPS) is 15.8. The lowest BCUT2D eigenvalue weighted by molar-refractivity contribution is -0.142. The Morgan fingerprint density at radius 1 is 1.12 bits per heavy atom. The number of aliphatic hydroxyl groups is 1. The average molecular weight is 232 g/mol. The van der Waals surface area contributed by atoms with E-state index in [1.54, 1.807) is 0 Å². The van der Waals surface area contributed by atoms with Gasteiger partial charge in [0.15, 0.2) is 0 Å².